The highest BCUT2D eigenvalue weighted by Gasteiger charge is 2.33. The Morgan fingerprint density at radius 1 is 0.862 bits per heavy atom. The second-order valence-corrected chi connectivity index (χ2v) is 8.93. The molecule has 1 unspecified atom stereocenters. The monoisotopic (exact) mass is 413 g/mol. The number of hydrogen-bond donors (Lipinski definition) is 1. The van der Waals surface area contributed by atoms with Gasteiger partial charge in [-0.1, -0.05) is 96.8 Å². The molecule has 0 aliphatic carbocycles. The van der Waals surface area contributed by atoms with Crippen molar-refractivity contribution in [3.05, 3.63) is 0 Å². The minimum absolute atomic E-state index is 0.165. The Labute approximate surface area is 179 Å². The highest BCUT2D eigenvalue weighted by molar-refractivity contribution is 5.67. The van der Waals surface area contributed by atoms with Crippen molar-refractivity contribution in [3.63, 3.8) is 0 Å². The molecule has 1 aliphatic rings. The summed E-state index contributed by atoms with van der Waals surface area (Å²) in [5.74, 6) is -0.571. The predicted octanol–water partition coefficient (Wildman–Crippen LogP) is 6.74. The van der Waals surface area contributed by atoms with Crippen molar-refractivity contribution in [1.82, 2.24) is 5.32 Å². The molecule has 1 fully saturated rings. The molecule has 5 heteroatoms. The summed E-state index contributed by atoms with van der Waals surface area (Å²) < 4.78 is 16.2. The Bertz CT molecular complexity index is 400. The van der Waals surface area contributed by atoms with Gasteiger partial charge < -0.3 is 19.5 Å². The van der Waals surface area contributed by atoms with Gasteiger partial charge in [-0.15, -0.1) is 0 Å². The van der Waals surface area contributed by atoms with Crippen LogP contribution in [0.25, 0.3) is 0 Å². The highest BCUT2D eigenvalue weighted by atomic mass is 16.7. The third-order valence-corrected chi connectivity index (χ3v) is 5.52. The van der Waals surface area contributed by atoms with Crippen molar-refractivity contribution in [1.29, 1.82) is 0 Å². The molecule has 1 N–H and O–H groups in total. The third kappa shape index (κ3) is 15.7. The molecule has 0 saturated carbocycles. The summed E-state index contributed by atoms with van der Waals surface area (Å²) in [5, 5.41) is 2.82. The Morgan fingerprint density at radius 2 is 1.34 bits per heavy atom. The number of carbonyl (C=O) groups is 1. The smallest absolute Gasteiger partial charge is 0.407 e. The maximum Gasteiger partial charge on any atom is 0.407 e. The lowest BCUT2D eigenvalue weighted by Gasteiger charge is -2.17. The fourth-order valence-electron chi connectivity index (χ4n) is 3.75. The van der Waals surface area contributed by atoms with Crippen LogP contribution in [-0.4, -0.2) is 37.7 Å². The third-order valence-electron chi connectivity index (χ3n) is 5.52. The van der Waals surface area contributed by atoms with E-state index in [1.165, 1.54) is 89.9 Å². The lowest BCUT2D eigenvalue weighted by Crippen LogP contribution is -2.30. The minimum Gasteiger partial charge on any atom is -0.447 e. The quantitative estimate of drug-likeness (QED) is 0.253. The largest absolute Gasteiger partial charge is 0.447 e. The van der Waals surface area contributed by atoms with Crippen LogP contribution in [0.4, 0.5) is 4.79 Å². The minimum atomic E-state index is -0.571. The number of nitrogens with one attached hydrogen (secondary N) is 1. The maximum atomic E-state index is 11.7. The van der Waals surface area contributed by atoms with Gasteiger partial charge >= 0.3 is 6.09 Å². The predicted molar refractivity (Wildman–Crippen MR) is 119 cm³/mol. The van der Waals surface area contributed by atoms with Crippen molar-refractivity contribution in [3.8, 4) is 0 Å². The summed E-state index contributed by atoms with van der Waals surface area (Å²) in [6, 6.07) is 0. The molecule has 1 saturated heterocycles. The average Bonchev–Trinajstić information content (AvgIpc) is 3.05. The first-order chi connectivity index (χ1) is 14.0. The SMILES string of the molecule is CCCCCCCCCCCCCCCCCNC(=O)OCC1COC(C)(C)O1. The van der Waals surface area contributed by atoms with E-state index >= 15 is 0 Å². The lowest BCUT2D eigenvalue weighted by atomic mass is 10.0. The van der Waals surface area contributed by atoms with E-state index < -0.39 is 5.79 Å². The van der Waals surface area contributed by atoms with Crippen LogP contribution in [-0.2, 0) is 14.2 Å². The van der Waals surface area contributed by atoms with E-state index in [1.807, 2.05) is 13.8 Å². The Balaban J connectivity index is 1.75. The second kappa shape index (κ2) is 16.9. The molecule has 0 bridgehead atoms. The van der Waals surface area contributed by atoms with Gasteiger partial charge in [0.05, 0.1) is 6.61 Å². The number of carbonyl (C=O) groups excluding carboxylic acids is 1. The topological polar surface area (TPSA) is 56.8 Å². The van der Waals surface area contributed by atoms with E-state index in [2.05, 4.69) is 12.2 Å². The van der Waals surface area contributed by atoms with E-state index in [4.69, 9.17) is 14.2 Å². The fourth-order valence-corrected chi connectivity index (χ4v) is 3.75. The highest BCUT2D eigenvalue weighted by Crippen LogP contribution is 2.22. The first kappa shape index (κ1) is 26.2. The van der Waals surface area contributed by atoms with E-state index in [1.54, 1.807) is 0 Å². The maximum absolute atomic E-state index is 11.7. The van der Waals surface area contributed by atoms with E-state index in [9.17, 15) is 4.79 Å². The molecule has 1 atom stereocenters. The molecule has 0 aromatic rings. The molecule has 1 amide bonds. The summed E-state index contributed by atoms with van der Waals surface area (Å²) in [7, 11) is 0. The lowest BCUT2D eigenvalue weighted by molar-refractivity contribution is -0.142. The van der Waals surface area contributed by atoms with Gasteiger partial charge in [-0.05, 0) is 20.3 Å². The number of amides is 1. The molecule has 1 heterocycles. The van der Waals surface area contributed by atoms with Crippen LogP contribution in [0.3, 0.4) is 0 Å². The molecule has 5 nitrogen and oxygen atoms in total. The van der Waals surface area contributed by atoms with Crippen molar-refractivity contribution in [2.24, 2.45) is 0 Å². The van der Waals surface area contributed by atoms with Crippen molar-refractivity contribution in [2.75, 3.05) is 19.8 Å². The van der Waals surface area contributed by atoms with Gasteiger partial charge in [0.15, 0.2) is 5.79 Å². The van der Waals surface area contributed by atoms with Crippen LogP contribution in [0, 0.1) is 0 Å². The Kier molecular flexibility index (Phi) is 15.3. The summed E-state index contributed by atoms with van der Waals surface area (Å²) in [5.41, 5.74) is 0. The van der Waals surface area contributed by atoms with E-state index in [0.29, 0.717) is 13.2 Å². The van der Waals surface area contributed by atoms with Crippen LogP contribution < -0.4 is 5.32 Å². The number of rotatable bonds is 18. The molecular formula is C24H47NO4. The summed E-state index contributed by atoms with van der Waals surface area (Å²) in [6.45, 7) is 7.41. The molecule has 0 radical (unpaired) electrons. The normalized spacial score (nSPS) is 18.1. The molecule has 172 valence electrons. The van der Waals surface area contributed by atoms with Crippen molar-refractivity contribution in [2.45, 2.75) is 129 Å². The van der Waals surface area contributed by atoms with Crippen molar-refractivity contribution < 1.29 is 19.0 Å². The molecule has 1 rings (SSSR count). The average molecular weight is 414 g/mol. The van der Waals surface area contributed by atoms with Gasteiger partial charge in [-0.3, -0.25) is 0 Å². The zero-order chi connectivity index (χ0) is 21.2. The second-order valence-electron chi connectivity index (χ2n) is 8.93. The number of unbranched alkanes of at least 4 members (excludes halogenated alkanes) is 14. The molecular weight excluding hydrogens is 366 g/mol. The zero-order valence-electron chi connectivity index (χ0n) is 19.4. The zero-order valence-corrected chi connectivity index (χ0v) is 19.4. The van der Waals surface area contributed by atoms with Gasteiger partial charge in [0.25, 0.3) is 0 Å². The first-order valence-electron chi connectivity index (χ1n) is 12.3. The van der Waals surface area contributed by atoms with Gasteiger partial charge in [0, 0.05) is 6.54 Å². The van der Waals surface area contributed by atoms with E-state index in [0.717, 1.165) is 6.42 Å². The van der Waals surface area contributed by atoms with Crippen LogP contribution >= 0.6 is 0 Å². The number of ether oxygens (including phenoxy) is 3. The summed E-state index contributed by atoms with van der Waals surface area (Å²) in [4.78, 5) is 11.7. The number of hydrogen-bond acceptors (Lipinski definition) is 4. The molecule has 0 aromatic carbocycles. The molecule has 0 spiro atoms. The van der Waals surface area contributed by atoms with Gasteiger partial charge in [0.2, 0.25) is 0 Å². The van der Waals surface area contributed by atoms with Gasteiger partial charge in [-0.2, -0.15) is 0 Å². The van der Waals surface area contributed by atoms with Crippen LogP contribution in [0.2, 0.25) is 0 Å². The Morgan fingerprint density at radius 3 is 1.79 bits per heavy atom. The summed E-state index contributed by atoms with van der Waals surface area (Å²) in [6.07, 6.45) is 19.7. The number of alkyl carbamates (subject to hydrolysis) is 1. The van der Waals surface area contributed by atoms with E-state index in [-0.39, 0.29) is 18.8 Å². The fraction of sp³-hybridized carbons (Fsp3) is 0.958. The van der Waals surface area contributed by atoms with Gasteiger partial charge in [-0.25, -0.2) is 4.79 Å². The summed E-state index contributed by atoms with van der Waals surface area (Å²) >= 11 is 0. The van der Waals surface area contributed by atoms with Crippen LogP contribution in [0.5, 0.6) is 0 Å². The van der Waals surface area contributed by atoms with Crippen molar-refractivity contribution >= 4 is 6.09 Å². The molecule has 1 aliphatic heterocycles. The first-order valence-corrected chi connectivity index (χ1v) is 12.3. The van der Waals surface area contributed by atoms with Gasteiger partial charge in [0.1, 0.15) is 12.7 Å². The Hall–Kier alpha value is -0.810. The van der Waals surface area contributed by atoms with Crippen LogP contribution in [0.1, 0.15) is 117 Å². The standard InChI is InChI=1S/C24H47NO4/c1-4-5-6-7-8-9-10-11-12-13-14-15-16-17-18-19-25-23(26)27-20-22-21-28-24(2,3)29-22/h22H,4-21H2,1-3H3,(H,25,26). The molecule has 0 aromatic heterocycles. The van der Waals surface area contributed by atoms with Crippen LogP contribution in [0.15, 0.2) is 0 Å². The molecule has 29 heavy (non-hydrogen) atoms.